The fourth-order valence-electron chi connectivity index (χ4n) is 9.82. The first-order valence-corrected chi connectivity index (χ1v) is 43.0. The van der Waals surface area contributed by atoms with Crippen LogP contribution in [-0.2, 0) is 65.4 Å². The van der Waals surface area contributed by atoms with E-state index >= 15 is 0 Å². The van der Waals surface area contributed by atoms with Crippen molar-refractivity contribution in [3.63, 3.8) is 0 Å². The number of carbonyl (C=O) groups is 4. The van der Waals surface area contributed by atoms with Gasteiger partial charge in [-0.1, -0.05) is 281 Å². The van der Waals surface area contributed by atoms with Crippen molar-refractivity contribution in [2.45, 2.75) is 303 Å². The quantitative estimate of drug-likeness (QED) is 0.0169. The van der Waals surface area contributed by atoms with Crippen molar-refractivity contribution >= 4 is 39.5 Å². The minimum absolute atomic E-state index is 0.0402. The van der Waals surface area contributed by atoms with Crippen LogP contribution in [-0.4, -0.2) is 96.7 Å². The van der Waals surface area contributed by atoms with E-state index in [1.54, 1.807) is 0 Å². The van der Waals surface area contributed by atoms with E-state index in [2.05, 4.69) is 174 Å². The zero-order valence-electron chi connectivity index (χ0n) is 65.5. The van der Waals surface area contributed by atoms with Crippen LogP contribution < -0.4 is 0 Å². The van der Waals surface area contributed by atoms with E-state index in [4.69, 9.17) is 37.0 Å². The third-order valence-corrected chi connectivity index (χ3v) is 17.8. The van der Waals surface area contributed by atoms with Crippen LogP contribution in [0, 0.1) is 0 Å². The Morgan fingerprint density at radius 1 is 0.274 bits per heavy atom. The summed E-state index contributed by atoms with van der Waals surface area (Å²) in [6.45, 7) is 4.38. The maximum absolute atomic E-state index is 13.1. The monoisotopic (exact) mass is 1520 g/mol. The van der Waals surface area contributed by atoms with Gasteiger partial charge in [0.25, 0.3) is 0 Å². The summed E-state index contributed by atoms with van der Waals surface area (Å²) < 4.78 is 68.4. The standard InChI is InChI=1S/C87H140O17P2/c1-5-9-13-17-21-25-29-33-36-38-40-42-45-49-53-57-61-65-69-73-86(91)103-82(77-97-84(89)71-67-63-59-55-51-47-32-28-24-20-16-12-8-4)79-101-105(93,94)99-75-81(88)76-100-106(95,96)102-80-83(78-98-85(90)72-68-64-60-56-52-48-44-35-31-27-23-19-15-11-7-3)104-87(92)74-70-66-62-58-54-50-46-43-41-39-37-34-30-26-22-18-14-10-6-2/h9-10,13-14,21-23,25-28,32-37,40-44,49-50,53-54,61-62,65-66,81-83,88H,5-8,11-12,15-20,24,29-31,38-39,45-48,51-52,55-60,63-64,67-80H2,1-4H3,(H,93,94)(H,95,96)/b13-9-,14-10-,25-21-,26-22-,27-23-,32-28-,36-33-,37-34-,42-40-,43-41-,44-35-,53-49-,54-50-,65-61-,66-62-/t81-,82+,83+/m0/s1. The number of allylic oxidation sites excluding steroid dienone is 30. The molecule has 5 atom stereocenters. The number of hydrogen-bond donors (Lipinski definition) is 3. The Balaban J connectivity index is 5.54. The second kappa shape index (κ2) is 77.3. The molecule has 106 heavy (non-hydrogen) atoms. The van der Waals surface area contributed by atoms with E-state index in [0.29, 0.717) is 38.5 Å². The highest BCUT2D eigenvalue weighted by molar-refractivity contribution is 7.47. The molecule has 600 valence electrons. The lowest BCUT2D eigenvalue weighted by Gasteiger charge is -2.21. The highest BCUT2D eigenvalue weighted by Gasteiger charge is 2.30. The Hall–Kier alpha value is -5.84. The third-order valence-electron chi connectivity index (χ3n) is 15.9. The van der Waals surface area contributed by atoms with Crippen LogP contribution >= 0.6 is 15.6 Å². The van der Waals surface area contributed by atoms with Gasteiger partial charge in [0.05, 0.1) is 26.4 Å². The van der Waals surface area contributed by atoms with Gasteiger partial charge in [0.15, 0.2) is 12.2 Å². The minimum Gasteiger partial charge on any atom is -0.462 e. The topological polar surface area (TPSA) is 237 Å². The first-order valence-electron chi connectivity index (χ1n) is 40.0. The van der Waals surface area contributed by atoms with E-state index in [-0.39, 0.29) is 25.7 Å². The predicted octanol–water partition coefficient (Wildman–Crippen LogP) is 23.6. The van der Waals surface area contributed by atoms with E-state index in [1.807, 2.05) is 36.5 Å². The van der Waals surface area contributed by atoms with Gasteiger partial charge in [0.1, 0.15) is 19.3 Å². The van der Waals surface area contributed by atoms with Crippen molar-refractivity contribution in [3.8, 4) is 0 Å². The van der Waals surface area contributed by atoms with Crippen molar-refractivity contribution in [1.29, 1.82) is 0 Å². The fourth-order valence-corrected chi connectivity index (χ4v) is 11.4. The minimum atomic E-state index is -5.02. The summed E-state index contributed by atoms with van der Waals surface area (Å²) in [5.74, 6) is -2.41. The van der Waals surface area contributed by atoms with Gasteiger partial charge in [-0.2, -0.15) is 0 Å². The third kappa shape index (κ3) is 76.4. The van der Waals surface area contributed by atoms with Gasteiger partial charge in [-0.05, 0) is 161 Å². The molecule has 0 heterocycles. The maximum Gasteiger partial charge on any atom is 0.472 e. The van der Waals surface area contributed by atoms with Gasteiger partial charge in [-0.15, -0.1) is 0 Å². The molecule has 2 unspecified atom stereocenters. The number of esters is 4. The van der Waals surface area contributed by atoms with Crippen LogP contribution in [0.3, 0.4) is 0 Å². The molecule has 0 aliphatic carbocycles. The normalized spacial score (nSPS) is 14.8. The highest BCUT2D eigenvalue weighted by Crippen LogP contribution is 2.45. The number of phosphoric ester groups is 2. The molecule has 0 aromatic carbocycles. The zero-order valence-corrected chi connectivity index (χ0v) is 67.3. The summed E-state index contributed by atoms with van der Waals surface area (Å²) >= 11 is 0. The van der Waals surface area contributed by atoms with E-state index in [1.165, 1.54) is 44.9 Å². The Kier molecular flexibility index (Phi) is 73.1. The first kappa shape index (κ1) is 100. The number of hydrogen-bond acceptors (Lipinski definition) is 15. The van der Waals surface area contributed by atoms with Gasteiger partial charge < -0.3 is 33.8 Å². The molecular weight excluding hydrogens is 1380 g/mol. The largest absolute Gasteiger partial charge is 0.472 e. The molecule has 0 fully saturated rings. The van der Waals surface area contributed by atoms with E-state index < -0.39 is 97.5 Å². The SMILES string of the molecule is CC/C=C\C/C=C\C/C=C\C/C=C\C/C=C\C/C=C\CCC(=O)O[C@H](COC(=O)CCCCCCC/C=C\C/C=C\CCCCC)COP(=O)(O)OC[C@@H](O)COP(=O)(O)OC[C@@H](COC(=O)CCCCCCC/C=C\CCCCCC)OC(=O)CC/C=C\C/C=C\C/C=C\C/C=C\C/C=C\C/C=C\CC. The second-order valence-corrected chi connectivity index (χ2v) is 28.8. The Labute approximate surface area is 641 Å². The summed E-state index contributed by atoms with van der Waals surface area (Å²) in [5.41, 5.74) is 0. The summed E-state index contributed by atoms with van der Waals surface area (Å²) in [4.78, 5) is 73.0. The second-order valence-electron chi connectivity index (χ2n) is 25.9. The summed E-state index contributed by atoms with van der Waals surface area (Å²) in [6.07, 6.45) is 93.3. The zero-order chi connectivity index (χ0) is 77.4. The maximum atomic E-state index is 13.1. The number of aliphatic hydroxyl groups is 1. The van der Waals surface area contributed by atoms with Crippen LogP contribution in [0.25, 0.3) is 0 Å². The summed E-state index contributed by atoms with van der Waals surface area (Å²) in [6, 6.07) is 0. The average Bonchev–Trinajstić information content (AvgIpc) is 1.23. The van der Waals surface area contributed by atoms with E-state index in [0.717, 1.165) is 148 Å². The molecule has 0 radical (unpaired) electrons. The Bertz CT molecular complexity index is 2730. The van der Waals surface area contributed by atoms with Gasteiger partial charge in [0.2, 0.25) is 0 Å². The smallest absolute Gasteiger partial charge is 0.462 e. The van der Waals surface area contributed by atoms with Gasteiger partial charge in [-0.3, -0.25) is 37.3 Å². The lowest BCUT2D eigenvalue weighted by Crippen LogP contribution is -2.30. The molecule has 0 aliphatic heterocycles. The molecule has 0 aromatic heterocycles. The molecule has 0 saturated carbocycles. The van der Waals surface area contributed by atoms with Crippen LogP contribution in [0.4, 0.5) is 0 Å². The fraction of sp³-hybridized carbons (Fsp3) is 0.609. The van der Waals surface area contributed by atoms with Crippen LogP contribution in [0.15, 0.2) is 182 Å². The molecule has 19 heteroatoms. The lowest BCUT2D eigenvalue weighted by molar-refractivity contribution is -0.161. The van der Waals surface area contributed by atoms with Crippen molar-refractivity contribution in [2.75, 3.05) is 39.6 Å². The molecular formula is C87H140O17P2. The van der Waals surface area contributed by atoms with Crippen molar-refractivity contribution in [1.82, 2.24) is 0 Å². The molecule has 0 aromatic rings. The Morgan fingerprint density at radius 3 is 0.821 bits per heavy atom. The summed E-state index contributed by atoms with van der Waals surface area (Å²) in [7, 11) is -10.0. The summed E-state index contributed by atoms with van der Waals surface area (Å²) in [5, 5.41) is 10.6. The molecule has 0 aliphatic rings. The number of phosphoric acid groups is 2. The van der Waals surface area contributed by atoms with Crippen LogP contribution in [0.5, 0.6) is 0 Å². The molecule has 3 N–H and O–H groups in total. The van der Waals surface area contributed by atoms with Gasteiger partial charge in [0, 0.05) is 25.7 Å². The predicted molar refractivity (Wildman–Crippen MR) is 436 cm³/mol. The van der Waals surface area contributed by atoms with Gasteiger partial charge >= 0.3 is 39.5 Å². The average molecular weight is 1520 g/mol. The van der Waals surface area contributed by atoms with Gasteiger partial charge in [-0.25, -0.2) is 9.13 Å². The van der Waals surface area contributed by atoms with Crippen LogP contribution in [0.1, 0.15) is 285 Å². The number of ether oxygens (including phenoxy) is 4. The molecule has 0 amide bonds. The van der Waals surface area contributed by atoms with Crippen LogP contribution in [0.2, 0.25) is 0 Å². The van der Waals surface area contributed by atoms with Crippen molar-refractivity contribution in [3.05, 3.63) is 182 Å². The number of unbranched alkanes of at least 4 members (excludes halogenated alkanes) is 17. The number of aliphatic hydroxyl groups excluding tert-OH is 1. The molecule has 0 saturated heterocycles. The first-order chi connectivity index (χ1) is 51.7. The molecule has 0 bridgehead atoms. The molecule has 0 rings (SSSR count). The molecule has 17 nitrogen and oxygen atoms in total. The number of carbonyl (C=O) groups excluding carboxylic acids is 4. The lowest BCUT2D eigenvalue weighted by atomic mass is 10.1. The highest BCUT2D eigenvalue weighted by atomic mass is 31.2. The number of rotatable bonds is 73. The van der Waals surface area contributed by atoms with Crippen molar-refractivity contribution < 1.29 is 80.2 Å². The van der Waals surface area contributed by atoms with Crippen molar-refractivity contribution in [2.24, 2.45) is 0 Å². The Morgan fingerprint density at radius 2 is 0.509 bits per heavy atom. The molecule has 0 spiro atoms. The van der Waals surface area contributed by atoms with E-state index in [9.17, 15) is 43.2 Å².